The molecule has 1 aliphatic heterocycles. The zero-order valence-corrected chi connectivity index (χ0v) is 49.3. The predicted molar refractivity (Wildman–Crippen MR) is 321 cm³/mol. The van der Waals surface area contributed by atoms with Crippen molar-refractivity contribution < 1.29 is 58.2 Å². The number of allylic oxidation sites excluding steroid dienone is 17. The van der Waals surface area contributed by atoms with E-state index in [0.29, 0.717) is 25.7 Å². The number of aliphatic hydroxyl groups is 2. The highest BCUT2D eigenvalue weighted by atomic mass is 16.7. The van der Waals surface area contributed by atoms with Crippen molar-refractivity contribution in [2.24, 2.45) is 0 Å². The molecule has 448 valence electrons. The molecule has 12 heteroatoms. The Labute approximate surface area is 478 Å². The van der Waals surface area contributed by atoms with Crippen molar-refractivity contribution in [1.29, 1.82) is 0 Å². The molecule has 79 heavy (non-hydrogen) atoms. The molecular formula is C67H108O12. The van der Waals surface area contributed by atoms with Crippen molar-refractivity contribution in [3.63, 3.8) is 0 Å². The second-order valence-corrected chi connectivity index (χ2v) is 20.6. The Morgan fingerprint density at radius 3 is 1.28 bits per heavy atom. The highest BCUT2D eigenvalue weighted by Gasteiger charge is 2.50. The Balaban J connectivity index is 2.73. The van der Waals surface area contributed by atoms with Crippen molar-refractivity contribution in [3.05, 3.63) is 109 Å². The van der Waals surface area contributed by atoms with Crippen LogP contribution in [-0.4, -0.2) is 89.2 Å². The van der Waals surface area contributed by atoms with Gasteiger partial charge in [0, 0.05) is 12.8 Å². The van der Waals surface area contributed by atoms with E-state index in [0.717, 1.165) is 77.0 Å². The third-order valence-electron chi connectivity index (χ3n) is 13.4. The Morgan fingerprint density at radius 2 is 0.835 bits per heavy atom. The van der Waals surface area contributed by atoms with Crippen LogP contribution in [0.15, 0.2) is 109 Å². The number of carboxylic acids is 1. The summed E-state index contributed by atoms with van der Waals surface area (Å²) in [5.74, 6) is -3.35. The zero-order chi connectivity index (χ0) is 57.5. The second-order valence-electron chi connectivity index (χ2n) is 20.6. The third kappa shape index (κ3) is 43.8. The van der Waals surface area contributed by atoms with Gasteiger partial charge < -0.3 is 39.0 Å². The molecule has 1 aliphatic rings. The van der Waals surface area contributed by atoms with E-state index in [9.17, 15) is 34.5 Å². The van der Waals surface area contributed by atoms with Gasteiger partial charge in [0.15, 0.2) is 24.6 Å². The summed E-state index contributed by atoms with van der Waals surface area (Å²) in [5.41, 5.74) is 0. The van der Waals surface area contributed by atoms with Crippen molar-refractivity contribution >= 4 is 23.9 Å². The number of hydrogen-bond donors (Lipinski definition) is 3. The van der Waals surface area contributed by atoms with Gasteiger partial charge in [0.05, 0.1) is 13.0 Å². The molecule has 0 radical (unpaired) electrons. The molecule has 0 amide bonds. The fourth-order valence-electron chi connectivity index (χ4n) is 8.73. The van der Waals surface area contributed by atoms with Gasteiger partial charge in [-0.05, 0) is 83.5 Å². The summed E-state index contributed by atoms with van der Waals surface area (Å²) in [6.07, 6.45) is 60.9. The minimum absolute atomic E-state index is 0.00653. The van der Waals surface area contributed by atoms with E-state index in [4.69, 9.17) is 23.7 Å². The molecule has 0 spiro atoms. The summed E-state index contributed by atoms with van der Waals surface area (Å²) in [6, 6.07) is 0. The van der Waals surface area contributed by atoms with Gasteiger partial charge in [0.1, 0.15) is 18.8 Å². The summed E-state index contributed by atoms with van der Waals surface area (Å²) in [6.45, 7) is 5.67. The number of carboxylic acid groups (broad SMARTS) is 1. The van der Waals surface area contributed by atoms with Crippen LogP contribution in [0.5, 0.6) is 0 Å². The standard InChI is InChI=1S/C67H108O12/c1-4-7-10-13-16-19-22-25-28-29-30-31-34-35-38-41-44-47-50-53-59(68)75-56-58(77-60(69)54-51-48-45-42-39-36-32-26-23-20-17-14-11-8-5-2)57-76-67-65(63(72)62(71)64(79-67)66(73)74)78-61(70)55-52-49-46-43-40-37-33-27-24-21-18-15-12-9-6-3/h8-9,11-12,17-18,20-21,26-27,32-33,39-40,42-43,48,51,58,62-65,67,71-72H,4-7,10,13-16,19,22-25,28-31,34-38,41,44-47,49-50,52-57H2,1-3H3,(H,73,74)/b11-8-,12-9-,20-17-,21-18-,32-26-,33-27-,42-39-,43-40-,51-48-. The smallest absolute Gasteiger partial charge is 0.335 e. The second kappa shape index (κ2) is 54.0. The Morgan fingerprint density at radius 1 is 0.443 bits per heavy atom. The van der Waals surface area contributed by atoms with Crippen molar-refractivity contribution in [3.8, 4) is 0 Å². The Hall–Kier alpha value is -4.62. The molecule has 0 aromatic heterocycles. The van der Waals surface area contributed by atoms with Crippen LogP contribution in [-0.2, 0) is 42.9 Å². The van der Waals surface area contributed by atoms with Crippen LogP contribution in [0.4, 0.5) is 0 Å². The topological polar surface area (TPSA) is 175 Å². The molecule has 6 atom stereocenters. The van der Waals surface area contributed by atoms with Crippen LogP contribution in [0.3, 0.4) is 0 Å². The first kappa shape index (κ1) is 72.4. The van der Waals surface area contributed by atoms with Crippen molar-refractivity contribution in [2.45, 2.75) is 276 Å². The van der Waals surface area contributed by atoms with E-state index in [1.165, 1.54) is 96.3 Å². The minimum Gasteiger partial charge on any atom is -0.479 e. The normalized spacial score (nSPS) is 18.6. The van der Waals surface area contributed by atoms with Gasteiger partial charge in [-0.2, -0.15) is 0 Å². The zero-order valence-electron chi connectivity index (χ0n) is 49.3. The molecule has 0 aromatic rings. The summed E-state index contributed by atoms with van der Waals surface area (Å²) in [5, 5.41) is 31.5. The average Bonchev–Trinajstić information content (AvgIpc) is 3.46. The molecule has 12 nitrogen and oxygen atoms in total. The fourth-order valence-corrected chi connectivity index (χ4v) is 8.73. The summed E-state index contributed by atoms with van der Waals surface area (Å²) >= 11 is 0. The lowest BCUT2D eigenvalue weighted by Crippen LogP contribution is -2.61. The number of ether oxygens (including phenoxy) is 5. The van der Waals surface area contributed by atoms with E-state index in [2.05, 4.69) is 106 Å². The number of hydrogen-bond acceptors (Lipinski definition) is 11. The summed E-state index contributed by atoms with van der Waals surface area (Å²) < 4.78 is 28.3. The van der Waals surface area contributed by atoms with Crippen molar-refractivity contribution in [1.82, 2.24) is 0 Å². The maximum atomic E-state index is 13.1. The number of aliphatic hydroxyl groups excluding tert-OH is 2. The number of carbonyl (C=O) groups excluding carboxylic acids is 3. The van der Waals surface area contributed by atoms with E-state index in [-0.39, 0.29) is 25.9 Å². The number of rotatable bonds is 51. The highest BCUT2D eigenvalue weighted by molar-refractivity contribution is 5.74. The number of esters is 3. The van der Waals surface area contributed by atoms with E-state index < -0.39 is 67.3 Å². The molecule has 1 heterocycles. The van der Waals surface area contributed by atoms with Gasteiger partial charge in [-0.3, -0.25) is 14.4 Å². The fraction of sp³-hybridized carbons (Fsp3) is 0.672. The molecule has 0 aliphatic carbocycles. The first-order valence-electron chi connectivity index (χ1n) is 30.9. The lowest BCUT2D eigenvalue weighted by molar-refractivity contribution is -0.301. The van der Waals surface area contributed by atoms with Gasteiger partial charge in [-0.25, -0.2) is 4.79 Å². The highest BCUT2D eigenvalue weighted by Crippen LogP contribution is 2.26. The van der Waals surface area contributed by atoms with Crippen LogP contribution < -0.4 is 0 Å². The van der Waals surface area contributed by atoms with E-state index in [1.54, 1.807) is 6.08 Å². The van der Waals surface area contributed by atoms with Crippen LogP contribution >= 0.6 is 0 Å². The molecule has 6 unspecified atom stereocenters. The number of unbranched alkanes of at least 4 members (excludes halogenated alkanes) is 20. The number of aliphatic carboxylic acids is 1. The average molecular weight is 1110 g/mol. The maximum Gasteiger partial charge on any atom is 0.335 e. The largest absolute Gasteiger partial charge is 0.479 e. The summed E-state index contributed by atoms with van der Waals surface area (Å²) in [7, 11) is 0. The first-order chi connectivity index (χ1) is 38.6. The van der Waals surface area contributed by atoms with Crippen molar-refractivity contribution in [2.75, 3.05) is 13.2 Å². The molecule has 1 fully saturated rings. The molecule has 0 bridgehead atoms. The lowest BCUT2D eigenvalue weighted by atomic mass is 9.98. The molecule has 1 saturated heterocycles. The van der Waals surface area contributed by atoms with Crippen LogP contribution in [0.2, 0.25) is 0 Å². The molecular weight excluding hydrogens is 997 g/mol. The first-order valence-corrected chi connectivity index (χ1v) is 30.9. The SMILES string of the molecule is CC/C=C\C/C=C\C/C=C\C/C=C\C/C=C\CC(=O)OC(COC(=O)CCCCCCCCCCCCCCCCCCCCC)COC1OC(C(=O)O)C(O)C(O)C1OC(=O)CCCC/C=C\C/C=C\C/C=C\C/C=C\CC. The monoisotopic (exact) mass is 1100 g/mol. The Kier molecular flexibility index (Phi) is 49.5. The van der Waals surface area contributed by atoms with Crippen LogP contribution in [0.25, 0.3) is 0 Å². The van der Waals surface area contributed by atoms with Gasteiger partial charge >= 0.3 is 23.9 Å². The van der Waals surface area contributed by atoms with Gasteiger partial charge in [-0.1, -0.05) is 246 Å². The summed E-state index contributed by atoms with van der Waals surface area (Å²) in [4.78, 5) is 51.1. The van der Waals surface area contributed by atoms with E-state index >= 15 is 0 Å². The molecule has 3 N–H and O–H groups in total. The Bertz CT molecular complexity index is 1790. The third-order valence-corrected chi connectivity index (χ3v) is 13.4. The van der Waals surface area contributed by atoms with Crippen LogP contribution in [0, 0.1) is 0 Å². The minimum atomic E-state index is -1.93. The molecule has 1 rings (SSSR count). The van der Waals surface area contributed by atoms with E-state index in [1.807, 2.05) is 18.2 Å². The van der Waals surface area contributed by atoms with Gasteiger partial charge in [0.25, 0.3) is 0 Å². The van der Waals surface area contributed by atoms with Gasteiger partial charge in [0.2, 0.25) is 0 Å². The molecule has 0 aromatic carbocycles. The maximum absolute atomic E-state index is 13.1. The van der Waals surface area contributed by atoms with Gasteiger partial charge in [-0.15, -0.1) is 0 Å². The predicted octanol–water partition coefficient (Wildman–Crippen LogP) is 16.2. The lowest BCUT2D eigenvalue weighted by Gasteiger charge is -2.40. The van der Waals surface area contributed by atoms with Crippen LogP contribution in [0.1, 0.15) is 239 Å². The quantitative estimate of drug-likeness (QED) is 0.0228. The number of carbonyl (C=O) groups is 4. The molecule has 0 saturated carbocycles.